The summed E-state index contributed by atoms with van der Waals surface area (Å²) in [6.45, 7) is 1.05. The first-order chi connectivity index (χ1) is 13.1. The first kappa shape index (κ1) is 18.6. The molecule has 0 aliphatic carbocycles. The first-order valence-electron chi connectivity index (χ1n) is 8.71. The van der Waals surface area contributed by atoms with E-state index < -0.39 is 23.2 Å². The SMILES string of the molecule is O=C(CCN(Cc1ccccc1)c1ccccc1)Nc1c(F)cccc1F. The van der Waals surface area contributed by atoms with Crippen molar-refractivity contribution in [3.8, 4) is 0 Å². The van der Waals surface area contributed by atoms with Gasteiger partial charge in [-0.05, 0) is 29.8 Å². The van der Waals surface area contributed by atoms with Crippen LogP contribution in [-0.2, 0) is 11.3 Å². The summed E-state index contributed by atoms with van der Waals surface area (Å²) in [5.41, 5.74) is 1.69. The summed E-state index contributed by atoms with van der Waals surface area (Å²) in [5.74, 6) is -2.01. The van der Waals surface area contributed by atoms with E-state index in [0.29, 0.717) is 13.1 Å². The molecule has 27 heavy (non-hydrogen) atoms. The second-order valence-electron chi connectivity index (χ2n) is 6.14. The average Bonchev–Trinajstić information content (AvgIpc) is 2.69. The summed E-state index contributed by atoms with van der Waals surface area (Å²) >= 11 is 0. The topological polar surface area (TPSA) is 32.3 Å². The Hall–Kier alpha value is -3.21. The van der Waals surface area contributed by atoms with E-state index in [-0.39, 0.29) is 6.42 Å². The maximum atomic E-state index is 13.7. The third-order valence-corrected chi connectivity index (χ3v) is 4.17. The van der Waals surface area contributed by atoms with Crippen LogP contribution < -0.4 is 10.2 Å². The van der Waals surface area contributed by atoms with Gasteiger partial charge in [0.2, 0.25) is 5.91 Å². The number of rotatable bonds is 7. The van der Waals surface area contributed by atoms with Crippen molar-refractivity contribution in [2.24, 2.45) is 0 Å². The van der Waals surface area contributed by atoms with Crippen LogP contribution in [0.1, 0.15) is 12.0 Å². The fourth-order valence-corrected chi connectivity index (χ4v) is 2.80. The first-order valence-corrected chi connectivity index (χ1v) is 8.71. The van der Waals surface area contributed by atoms with Crippen molar-refractivity contribution in [2.45, 2.75) is 13.0 Å². The van der Waals surface area contributed by atoms with Gasteiger partial charge in [0.15, 0.2) is 0 Å². The van der Waals surface area contributed by atoms with Gasteiger partial charge in [-0.25, -0.2) is 8.78 Å². The minimum absolute atomic E-state index is 0.107. The molecule has 0 aromatic heterocycles. The number of nitrogens with zero attached hydrogens (tertiary/aromatic N) is 1. The summed E-state index contributed by atoms with van der Waals surface area (Å²) in [4.78, 5) is 14.3. The van der Waals surface area contributed by atoms with Gasteiger partial charge in [0.25, 0.3) is 0 Å². The largest absolute Gasteiger partial charge is 0.367 e. The van der Waals surface area contributed by atoms with E-state index in [1.165, 1.54) is 6.07 Å². The van der Waals surface area contributed by atoms with Crippen molar-refractivity contribution in [3.63, 3.8) is 0 Å². The van der Waals surface area contributed by atoms with E-state index in [9.17, 15) is 13.6 Å². The molecule has 0 radical (unpaired) electrons. The lowest BCUT2D eigenvalue weighted by molar-refractivity contribution is -0.116. The maximum Gasteiger partial charge on any atom is 0.226 e. The number of amides is 1. The second kappa shape index (κ2) is 8.94. The zero-order chi connectivity index (χ0) is 19.1. The van der Waals surface area contributed by atoms with Crippen LogP contribution in [0.15, 0.2) is 78.9 Å². The highest BCUT2D eigenvalue weighted by atomic mass is 19.1. The monoisotopic (exact) mass is 366 g/mol. The van der Waals surface area contributed by atoms with Crippen molar-refractivity contribution in [2.75, 3.05) is 16.8 Å². The Bertz CT molecular complexity index is 865. The van der Waals surface area contributed by atoms with Crippen LogP contribution in [0.5, 0.6) is 0 Å². The van der Waals surface area contributed by atoms with E-state index in [4.69, 9.17) is 0 Å². The molecule has 0 saturated carbocycles. The molecule has 138 valence electrons. The Kier molecular flexibility index (Phi) is 6.15. The normalized spacial score (nSPS) is 10.4. The fourth-order valence-electron chi connectivity index (χ4n) is 2.80. The molecule has 1 amide bonds. The molecule has 3 nitrogen and oxygen atoms in total. The van der Waals surface area contributed by atoms with Gasteiger partial charge in [-0.3, -0.25) is 4.79 Å². The van der Waals surface area contributed by atoms with Crippen LogP contribution in [0.2, 0.25) is 0 Å². The van der Waals surface area contributed by atoms with Crippen molar-refractivity contribution in [1.82, 2.24) is 0 Å². The predicted octanol–water partition coefficient (Wildman–Crippen LogP) is 5.00. The van der Waals surface area contributed by atoms with E-state index >= 15 is 0 Å². The average molecular weight is 366 g/mol. The Morgan fingerprint density at radius 2 is 1.41 bits per heavy atom. The maximum absolute atomic E-state index is 13.7. The smallest absolute Gasteiger partial charge is 0.226 e. The lowest BCUT2D eigenvalue weighted by Gasteiger charge is -2.25. The van der Waals surface area contributed by atoms with Gasteiger partial charge in [0.05, 0.1) is 0 Å². The molecule has 0 unspecified atom stereocenters. The van der Waals surface area contributed by atoms with Gasteiger partial charge < -0.3 is 10.2 Å². The highest BCUT2D eigenvalue weighted by Gasteiger charge is 2.14. The molecule has 1 N–H and O–H groups in total. The molecule has 0 bridgehead atoms. The predicted molar refractivity (Wildman–Crippen MR) is 104 cm³/mol. The van der Waals surface area contributed by atoms with Gasteiger partial charge >= 0.3 is 0 Å². The molecular formula is C22H20F2N2O. The Morgan fingerprint density at radius 1 is 0.815 bits per heavy atom. The number of benzene rings is 3. The van der Waals surface area contributed by atoms with Gasteiger partial charge in [-0.2, -0.15) is 0 Å². The number of carbonyl (C=O) groups excluding carboxylic acids is 1. The number of anilines is 2. The Labute approximate surface area is 157 Å². The molecule has 0 aliphatic rings. The van der Waals surface area contributed by atoms with Crippen molar-refractivity contribution in [3.05, 3.63) is 96.1 Å². The number of para-hydroxylation sites is 2. The summed E-state index contributed by atoms with van der Waals surface area (Å²) in [6, 6.07) is 23.1. The molecule has 5 heteroatoms. The zero-order valence-electron chi connectivity index (χ0n) is 14.7. The molecule has 0 heterocycles. The Balaban J connectivity index is 1.68. The summed E-state index contributed by atoms with van der Waals surface area (Å²) < 4.78 is 27.4. The third-order valence-electron chi connectivity index (χ3n) is 4.17. The van der Waals surface area contributed by atoms with Gasteiger partial charge in [-0.15, -0.1) is 0 Å². The molecule has 0 spiro atoms. The van der Waals surface area contributed by atoms with E-state index in [2.05, 4.69) is 10.2 Å². The van der Waals surface area contributed by atoms with E-state index in [1.807, 2.05) is 60.7 Å². The molecule has 3 aromatic carbocycles. The Morgan fingerprint density at radius 3 is 2.04 bits per heavy atom. The molecule has 0 atom stereocenters. The van der Waals surface area contributed by atoms with Crippen LogP contribution in [0.25, 0.3) is 0 Å². The zero-order valence-corrected chi connectivity index (χ0v) is 14.7. The van der Waals surface area contributed by atoms with Crippen LogP contribution >= 0.6 is 0 Å². The van der Waals surface area contributed by atoms with Crippen LogP contribution in [-0.4, -0.2) is 12.5 Å². The molecule has 0 fully saturated rings. The number of hydrogen-bond acceptors (Lipinski definition) is 2. The number of carbonyl (C=O) groups is 1. The summed E-state index contributed by atoms with van der Waals surface area (Å²) in [5, 5.41) is 2.33. The number of halogens is 2. The van der Waals surface area contributed by atoms with Gasteiger partial charge in [0.1, 0.15) is 17.3 Å². The molecule has 0 aliphatic heterocycles. The minimum atomic E-state index is -0.785. The van der Waals surface area contributed by atoms with Crippen LogP contribution in [0, 0.1) is 11.6 Å². The highest BCUT2D eigenvalue weighted by molar-refractivity contribution is 5.91. The van der Waals surface area contributed by atoms with E-state index in [0.717, 1.165) is 23.4 Å². The van der Waals surface area contributed by atoms with Crippen LogP contribution in [0.3, 0.4) is 0 Å². The second-order valence-corrected chi connectivity index (χ2v) is 6.14. The van der Waals surface area contributed by atoms with Crippen LogP contribution in [0.4, 0.5) is 20.2 Å². The molecular weight excluding hydrogens is 346 g/mol. The van der Waals surface area contributed by atoms with Crippen molar-refractivity contribution < 1.29 is 13.6 Å². The number of nitrogens with one attached hydrogen (secondary N) is 1. The van der Waals surface area contributed by atoms with Crippen molar-refractivity contribution in [1.29, 1.82) is 0 Å². The fraction of sp³-hybridized carbons (Fsp3) is 0.136. The molecule has 3 aromatic rings. The molecule has 0 saturated heterocycles. The minimum Gasteiger partial charge on any atom is -0.367 e. The lowest BCUT2D eigenvalue weighted by atomic mass is 10.2. The summed E-state index contributed by atoms with van der Waals surface area (Å²) in [7, 11) is 0. The third kappa shape index (κ3) is 5.14. The van der Waals surface area contributed by atoms with E-state index in [1.54, 1.807) is 0 Å². The van der Waals surface area contributed by atoms with Gasteiger partial charge in [0, 0.05) is 25.2 Å². The summed E-state index contributed by atoms with van der Waals surface area (Å²) in [6.07, 6.45) is 0.107. The highest BCUT2D eigenvalue weighted by Crippen LogP contribution is 2.20. The quantitative estimate of drug-likeness (QED) is 0.638. The van der Waals surface area contributed by atoms with Crippen molar-refractivity contribution >= 4 is 17.3 Å². The van der Waals surface area contributed by atoms with Gasteiger partial charge in [-0.1, -0.05) is 54.6 Å². The number of hydrogen-bond donors (Lipinski definition) is 1. The lowest BCUT2D eigenvalue weighted by Crippen LogP contribution is -2.27. The molecule has 3 rings (SSSR count). The standard InChI is InChI=1S/C22H20F2N2O/c23-19-12-7-13-20(24)22(19)25-21(27)14-15-26(18-10-5-2-6-11-18)16-17-8-3-1-4-9-17/h1-13H,14-16H2,(H,25,27).